The molecule has 0 radical (unpaired) electrons. The monoisotopic (exact) mass is 382 g/mol. The van der Waals surface area contributed by atoms with E-state index in [0.717, 1.165) is 4.88 Å². The number of para-hydroxylation sites is 1. The molecule has 2 aromatic carbocycles. The molecule has 3 rings (SSSR count). The number of anilines is 1. The average molecular weight is 382 g/mol. The standard InChI is InChI=1S/C20H15FN2O3S/c21-15-8-4-5-9-16(15)23-20(26)19(25)22-12-14-10-11-17(27-14)18(24)13-6-2-1-3-7-13/h1-11H,12H2,(H,22,25)(H,23,26). The maximum Gasteiger partial charge on any atom is 0.313 e. The predicted octanol–water partition coefficient (Wildman–Crippen LogP) is 3.37. The molecule has 27 heavy (non-hydrogen) atoms. The Bertz CT molecular complexity index is 986. The molecule has 0 unspecified atom stereocenters. The number of carbonyl (C=O) groups is 3. The summed E-state index contributed by atoms with van der Waals surface area (Å²) in [5.74, 6) is -2.57. The summed E-state index contributed by atoms with van der Waals surface area (Å²) < 4.78 is 13.5. The van der Waals surface area contributed by atoms with Crippen LogP contribution in [0.2, 0.25) is 0 Å². The molecule has 0 saturated carbocycles. The zero-order valence-corrected chi connectivity index (χ0v) is 14.9. The van der Waals surface area contributed by atoms with E-state index in [2.05, 4.69) is 10.6 Å². The second-order valence-electron chi connectivity index (χ2n) is 5.58. The molecule has 0 saturated heterocycles. The van der Waals surface area contributed by atoms with Gasteiger partial charge in [-0.1, -0.05) is 42.5 Å². The topological polar surface area (TPSA) is 75.3 Å². The third-order valence-corrected chi connectivity index (χ3v) is 4.76. The fraction of sp³-hybridized carbons (Fsp3) is 0.0500. The molecule has 0 aliphatic rings. The molecular formula is C20H15FN2O3S. The number of halogens is 1. The number of ketones is 1. The number of nitrogens with one attached hydrogen (secondary N) is 2. The molecule has 0 aliphatic carbocycles. The number of hydrogen-bond donors (Lipinski definition) is 2. The van der Waals surface area contributed by atoms with Crippen LogP contribution >= 0.6 is 11.3 Å². The van der Waals surface area contributed by atoms with E-state index in [4.69, 9.17) is 0 Å². The van der Waals surface area contributed by atoms with Gasteiger partial charge in [0.1, 0.15) is 5.82 Å². The molecule has 3 aromatic rings. The van der Waals surface area contributed by atoms with Gasteiger partial charge in [-0.15, -0.1) is 11.3 Å². The average Bonchev–Trinajstić information content (AvgIpc) is 3.17. The zero-order valence-electron chi connectivity index (χ0n) is 14.1. The van der Waals surface area contributed by atoms with Gasteiger partial charge in [0.15, 0.2) is 0 Å². The van der Waals surface area contributed by atoms with Crippen LogP contribution in [-0.4, -0.2) is 17.6 Å². The van der Waals surface area contributed by atoms with Crippen molar-refractivity contribution in [3.8, 4) is 0 Å². The Hall–Kier alpha value is -3.32. The van der Waals surface area contributed by atoms with E-state index in [1.165, 1.54) is 29.5 Å². The molecule has 2 N–H and O–H groups in total. The van der Waals surface area contributed by atoms with Crippen molar-refractivity contribution in [3.63, 3.8) is 0 Å². The second kappa shape index (κ2) is 8.37. The molecule has 2 amide bonds. The Morgan fingerprint density at radius 3 is 2.30 bits per heavy atom. The molecule has 0 bridgehead atoms. The van der Waals surface area contributed by atoms with Gasteiger partial charge in [0.05, 0.1) is 17.1 Å². The normalized spacial score (nSPS) is 10.3. The van der Waals surface area contributed by atoms with Crippen molar-refractivity contribution in [2.75, 3.05) is 5.32 Å². The Morgan fingerprint density at radius 1 is 0.852 bits per heavy atom. The van der Waals surface area contributed by atoms with Crippen molar-refractivity contribution < 1.29 is 18.8 Å². The fourth-order valence-electron chi connectivity index (χ4n) is 2.32. The van der Waals surface area contributed by atoms with Gasteiger partial charge in [0.2, 0.25) is 5.78 Å². The molecule has 7 heteroatoms. The van der Waals surface area contributed by atoms with E-state index in [1.54, 1.807) is 42.5 Å². The van der Waals surface area contributed by atoms with Crippen molar-refractivity contribution in [2.45, 2.75) is 6.54 Å². The third kappa shape index (κ3) is 4.65. The van der Waals surface area contributed by atoms with Gasteiger partial charge in [0.25, 0.3) is 0 Å². The van der Waals surface area contributed by atoms with Gasteiger partial charge in [-0.2, -0.15) is 0 Å². The zero-order chi connectivity index (χ0) is 19.2. The number of carbonyl (C=O) groups excluding carboxylic acids is 3. The molecule has 0 aliphatic heterocycles. The molecule has 1 heterocycles. The van der Waals surface area contributed by atoms with Crippen LogP contribution in [0.15, 0.2) is 66.7 Å². The lowest BCUT2D eigenvalue weighted by Gasteiger charge is -2.06. The SMILES string of the molecule is O=C(NCc1ccc(C(=O)c2ccccc2)s1)C(=O)Nc1ccccc1F. The number of hydrogen-bond acceptors (Lipinski definition) is 4. The summed E-state index contributed by atoms with van der Waals surface area (Å²) in [5.41, 5.74) is 0.517. The van der Waals surface area contributed by atoms with E-state index in [-0.39, 0.29) is 18.0 Å². The molecule has 0 fully saturated rings. The van der Waals surface area contributed by atoms with E-state index < -0.39 is 17.6 Å². The van der Waals surface area contributed by atoms with Gasteiger partial charge >= 0.3 is 11.8 Å². The molecule has 0 spiro atoms. The minimum absolute atomic E-state index is 0.0653. The van der Waals surface area contributed by atoms with Gasteiger partial charge in [0, 0.05) is 10.4 Å². The van der Waals surface area contributed by atoms with Crippen LogP contribution in [-0.2, 0) is 16.1 Å². The number of thiophene rings is 1. The lowest BCUT2D eigenvalue weighted by molar-refractivity contribution is -0.136. The highest BCUT2D eigenvalue weighted by atomic mass is 32.1. The van der Waals surface area contributed by atoms with Gasteiger partial charge < -0.3 is 10.6 Å². The summed E-state index contributed by atoms with van der Waals surface area (Å²) >= 11 is 1.24. The minimum atomic E-state index is -0.961. The van der Waals surface area contributed by atoms with Crippen molar-refractivity contribution >= 4 is 34.6 Å². The summed E-state index contributed by atoms with van der Waals surface area (Å²) in [4.78, 5) is 37.4. The number of amides is 2. The maximum atomic E-state index is 13.5. The molecule has 5 nitrogen and oxygen atoms in total. The van der Waals surface area contributed by atoms with Crippen LogP contribution in [0.1, 0.15) is 20.1 Å². The highest BCUT2D eigenvalue weighted by molar-refractivity contribution is 7.14. The number of benzene rings is 2. The highest BCUT2D eigenvalue weighted by Crippen LogP contribution is 2.20. The van der Waals surface area contributed by atoms with Crippen molar-refractivity contribution in [1.82, 2.24) is 5.32 Å². The number of rotatable bonds is 5. The molecule has 136 valence electrons. The van der Waals surface area contributed by atoms with Gasteiger partial charge in [-0.3, -0.25) is 14.4 Å². The first-order chi connectivity index (χ1) is 13.0. The van der Waals surface area contributed by atoms with E-state index in [1.807, 2.05) is 6.07 Å². The predicted molar refractivity (Wildman–Crippen MR) is 101 cm³/mol. The summed E-state index contributed by atoms with van der Waals surface area (Å²) in [5, 5.41) is 4.67. The minimum Gasteiger partial charge on any atom is -0.343 e. The van der Waals surface area contributed by atoms with E-state index in [9.17, 15) is 18.8 Å². The maximum absolute atomic E-state index is 13.5. The Balaban J connectivity index is 1.56. The first-order valence-corrected chi connectivity index (χ1v) is 8.88. The molecule has 0 atom stereocenters. The Kier molecular flexibility index (Phi) is 5.73. The highest BCUT2D eigenvalue weighted by Gasteiger charge is 2.16. The van der Waals surface area contributed by atoms with Crippen LogP contribution in [0.5, 0.6) is 0 Å². The Morgan fingerprint density at radius 2 is 1.56 bits per heavy atom. The van der Waals surface area contributed by atoms with Crippen LogP contribution < -0.4 is 10.6 Å². The summed E-state index contributed by atoms with van der Waals surface area (Å²) in [6.07, 6.45) is 0. The Labute approximate surface area is 158 Å². The fourth-order valence-corrected chi connectivity index (χ4v) is 3.23. The summed E-state index contributed by atoms with van der Waals surface area (Å²) in [7, 11) is 0. The van der Waals surface area contributed by atoms with Crippen molar-refractivity contribution in [1.29, 1.82) is 0 Å². The first kappa shape index (κ1) is 18.5. The van der Waals surface area contributed by atoms with Crippen LogP contribution in [0.25, 0.3) is 0 Å². The van der Waals surface area contributed by atoms with Crippen LogP contribution in [0, 0.1) is 5.82 Å². The van der Waals surface area contributed by atoms with Crippen LogP contribution in [0.4, 0.5) is 10.1 Å². The van der Waals surface area contributed by atoms with E-state index in [0.29, 0.717) is 10.4 Å². The molecule has 1 aromatic heterocycles. The van der Waals surface area contributed by atoms with Gasteiger partial charge in [-0.05, 0) is 24.3 Å². The lowest BCUT2D eigenvalue weighted by Crippen LogP contribution is -2.35. The lowest BCUT2D eigenvalue weighted by atomic mass is 10.1. The smallest absolute Gasteiger partial charge is 0.313 e. The molecular weight excluding hydrogens is 367 g/mol. The van der Waals surface area contributed by atoms with Crippen molar-refractivity contribution in [3.05, 3.63) is 87.9 Å². The van der Waals surface area contributed by atoms with Crippen molar-refractivity contribution in [2.24, 2.45) is 0 Å². The first-order valence-electron chi connectivity index (χ1n) is 8.07. The quantitative estimate of drug-likeness (QED) is 0.525. The second-order valence-corrected chi connectivity index (χ2v) is 6.75. The van der Waals surface area contributed by atoms with E-state index >= 15 is 0 Å². The third-order valence-electron chi connectivity index (χ3n) is 3.67. The summed E-state index contributed by atoms with van der Waals surface area (Å²) in [6, 6.07) is 17.9. The largest absolute Gasteiger partial charge is 0.343 e. The van der Waals surface area contributed by atoms with Crippen LogP contribution in [0.3, 0.4) is 0 Å². The summed E-state index contributed by atoms with van der Waals surface area (Å²) in [6.45, 7) is 0.0935. The van der Waals surface area contributed by atoms with Gasteiger partial charge in [-0.25, -0.2) is 4.39 Å².